The lowest BCUT2D eigenvalue weighted by Crippen LogP contribution is -1.90. The summed E-state index contributed by atoms with van der Waals surface area (Å²) in [4.78, 5) is 0. The third-order valence-electron chi connectivity index (χ3n) is 1.56. The molecule has 0 bridgehead atoms. The minimum absolute atomic E-state index is 0. The van der Waals surface area contributed by atoms with E-state index in [4.69, 9.17) is 0 Å². The maximum absolute atomic E-state index is 3.91. The van der Waals surface area contributed by atoms with E-state index in [1.165, 1.54) is 37.7 Å². The highest BCUT2D eigenvalue weighted by molar-refractivity contribution is 4.95. The maximum Gasteiger partial charge on any atom is -0.0323 e. The van der Waals surface area contributed by atoms with Crippen LogP contribution in [0.3, 0.4) is 0 Å². The van der Waals surface area contributed by atoms with Crippen LogP contribution in [-0.2, 0) is 0 Å². The third kappa shape index (κ3) is 5.87. The van der Waals surface area contributed by atoms with Crippen LogP contribution in [0.15, 0.2) is 12.2 Å². The molecule has 0 aromatic carbocycles. The van der Waals surface area contributed by atoms with Crippen LogP contribution >= 0.6 is 0 Å². The van der Waals surface area contributed by atoms with Crippen LogP contribution in [0.25, 0.3) is 0 Å². The molecule has 1 fully saturated rings. The minimum atomic E-state index is 0. The average molecular weight is 142 g/mol. The number of hydrogen-bond donors (Lipinski definition) is 0. The zero-order chi connectivity index (χ0) is 7.11. The van der Waals surface area contributed by atoms with Gasteiger partial charge in [-0.3, -0.25) is 0 Å². The Labute approximate surface area is 66.3 Å². The van der Waals surface area contributed by atoms with Crippen LogP contribution in [0.4, 0.5) is 0 Å². The summed E-state index contributed by atoms with van der Waals surface area (Å²) in [7, 11) is 0. The molecule has 0 saturated heterocycles. The molecule has 0 unspecified atom stereocenters. The average Bonchev–Trinajstić information content (AvgIpc) is 1.94. The summed E-state index contributed by atoms with van der Waals surface area (Å²) >= 11 is 0. The first-order valence-electron chi connectivity index (χ1n) is 4.06. The van der Waals surface area contributed by atoms with Crippen LogP contribution < -0.4 is 0 Å². The van der Waals surface area contributed by atoms with E-state index < -0.39 is 0 Å². The first-order chi connectivity index (χ1) is 4.39. The third-order valence-corrected chi connectivity index (χ3v) is 1.56. The second kappa shape index (κ2) is 8.74. The van der Waals surface area contributed by atoms with Crippen molar-refractivity contribution in [1.82, 2.24) is 0 Å². The first-order valence-corrected chi connectivity index (χ1v) is 4.06. The summed E-state index contributed by atoms with van der Waals surface area (Å²) in [5.74, 6) is 0. The quantitative estimate of drug-likeness (QED) is 0.445. The van der Waals surface area contributed by atoms with E-state index in [9.17, 15) is 0 Å². The Morgan fingerprint density at radius 1 is 1.00 bits per heavy atom. The lowest BCUT2D eigenvalue weighted by Gasteiger charge is -2.10. The van der Waals surface area contributed by atoms with Crippen LogP contribution in [0, 0.1) is 0 Å². The predicted molar refractivity (Wildman–Crippen MR) is 50.3 cm³/mol. The zero-order valence-electron chi connectivity index (χ0n) is 6.74. The molecular formula is C10H22. The fourth-order valence-electron chi connectivity index (χ4n) is 1.05. The highest BCUT2D eigenvalue weighted by atomic mass is 14.1. The summed E-state index contributed by atoms with van der Waals surface area (Å²) in [6.07, 6.45) is 6.79. The monoisotopic (exact) mass is 142 g/mol. The van der Waals surface area contributed by atoms with E-state index in [2.05, 4.69) is 6.58 Å². The molecule has 1 saturated carbocycles. The Kier molecular flexibility index (Phi) is 10.9. The molecule has 0 nitrogen and oxygen atoms in total. The van der Waals surface area contributed by atoms with Gasteiger partial charge < -0.3 is 0 Å². The Morgan fingerprint density at radius 2 is 1.40 bits per heavy atom. The van der Waals surface area contributed by atoms with E-state index in [-0.39, 0.29) is 7.43 Å². The van der Waals surface area contributed by atoms with Gasteiger partial charge in [0.25, 0.3) is 0 Å². The van der Waals surface area contributed by atoms with Crippen LogP contribution in [-0.4, -0.2) is 0 Å². The summed E-state index contributed by atoms with van der Waals surface area (Å²) in [5, 5.41) is 0. The molecule has 0 aromatic heterocycles. The van der Waals surface area contributed by atoms with Crippen LogP contribution in [0.5, 0.6) is 0 Å². The molecule has 1 rings (SSSR count). The van der Waals surface area contributed by atoms with E-state index in [1.54, 1.807) is 0 Å². The molecule has 1 aliphatic carbocycles. The van der Waals surface area contributed by atoms with Gasteiger partial charge in [0.2, 0.25) is 0 Å². The van der Waals surface area contributed by atoms with Crippen LogP contribution in [0.1, 0.15) is 53.4 Å². The zero-order valence-corrected chi connectivity index (χ0v) is 6.74. The fraction of sp³-hybridized carbons (Fsp3) is 0.800. The number of allylic oxidation sites excluding steroid dienone is 1. The summed E-state index contributed by atoms with van der Waals surface area (Å²) in [6.45, 7) is 7.91. The van der Waals surface area contributed by atoms with Gasteiger partial charge in [-0.15, -0.1) is 0 Å². The van der Waals surface area contributed by atoms with E-state index in [1.807, 2.05) is 13.8 Å². The molecule has 0 N–H and O–H groups in total. The Hall–Kier alpha value is -0.260. The van der Waals surface area contributed by atoms with Gasteiger partial charge in [0.05, 0.1) is 0 Å². The molecule has 0 heteroatoms. The lowest BCUT2D eigenvalue weighted by atomic mass is 9.97. The smallest absolute Gasteiger partial charge is 0.0323 e. The molecule has 62 valence electrons. The van der Waals surface area contributed by atoms with E-state index in [0.717, 1.165) is 0 Å². The fourth-order valence-corrected chi connectivity index (χ4v) is 1.05. The second-order valence-electron chi connectivity index (χ2n) is 2.31. The van der Waals surface area contributed by atoms with Crippen molar-refractivity contribution >= 4 is 0 Å². The normalized spacial score (nSPS) is 16.4. The van der Waals surface area contributed by atoms with Gasteiger partial charge in [0, 0.05) is 0 Å². The second-order valence-corrected chi connectivity index (χ2v) is 2.31. The molecule has 0 heterocycles. The van der Waals surface area contributed by atoms with E-state index >= 15 is 0 Å². The van der Waals surface area contributed by atoms with Gasteiger partial charge in [-0.1, -0.05) is 39.8 Å². The van der Waals surface area contributed by atoms with Crippen molar-refractivity contribution in [3.8, 4) is 0 Å². The van der Waals surface area contributed by atoms with E-state index in [0.29, 0.717) is 0 Å². The SMILES string of the molecule is C.C=C1CCCCC1.CC. The van der Waals surface area contributed by atoms with Crippen molar-refractivity contribution in [1.29, 1.82) is 0 Å². The summed E-state index contributed by atoms with van der Waals surface area (Å²) < 4.78 is 0. The molecule has 0 radical (unpaired) electrons. The molecule has 1 aliphatic rings. The Bertz CT molecular complexity index is 64.1. The minimum Gasteiger partial charge on any atom is -0.0999 e. The number of rotatable bonds is 0. The van der Waals surface area contributed by atoms with Crippen LogP contribution in [0.2, 0.25) is 0 Å². The molecule has 0 aliphatic heterocycles. The Balaban J connectivity index is 0. The van der Waals surface area contributed by atoms with Crippen molar-refractivity contribution in [3.63, 3.8) is 0 Å². The summed E-state index contributed by atoms with van der Waals surface area (Å²) in [5.41, 5.74) is 1.46. The highest BCUT2D eigenvalue weighted by Crippen LogP contribution is 2.20. The van der Waals surface area contributed by atoms with Gasteiger partial charge in [-0.05, 0) is 25.7 Å². The maximum atomic E-state index is 3.91. The molecular weight excluding hydrogens is 120 g/mol. The Morgan fingerprint density at radius 3 is 1.60 bits per heavy atom. The van der Waals surface area contributed by atoms with Crippen molar-refractivity contribution in [2.45, 2.75) is 53.4 Å². The van der Waals surface area contributed by atoms with Crippen molar-refractivity contribution in [3.05, 3.63) is 12.2 Å². The molecule has 10 heavy (non-hydrogen) atoms. The molecule has 0 spiro atoms. The number of hydrogen-bond acceptors (Lipinski definition) is 0. The van der Waals surface area contributed by atoms with Crippen molar-refractivity contribution in [2.24, 2.45) is 0 Å². The highest BCUT2D eigenvalue weighted by Gasteiger charge is 2.00. The van der Waals surface area contributed by atoms with Gasteiger partial charge in [0.15, 0.2) is 0 Å². The van der Waals surface area contributed by atoms with Crippen molar-refractivity contribution < 1.29 is 0 Å². The summed E-state index contributed by atoms with van der Waals surface area (Å²) in [6, 6.07) is 0. The predicted octanol–water partition coefficient (Wildman–Crippen LogP) is 4.17. The molecule has 0 atom stereocenters. The van der Waals surface area contributed by atoms with Gasteiger partial charge in [-0.2, -0.15) is 0 Å². The molecule has 0 aromatic rings. The molecule has 0 amide bonds. The van der Waals surface area contributed by atoms with Gasteiger partial charge in [0.1, 0.15) is 0 Å². The van der Waals surface area contributed by atoms with Gasteiger partial charge in [-0.25, -0.2) is 0 Å². The largest absolute Gasteiger partial charge is 0.0999 e. The van der Waals surface area contributed by atoms with Gasteiger partial charge >= 0.3 is 0 Å². The topological polar surface area (TPSA) is 0 Å². The first kappa shape index (κ1) is 12.4. The van der Waals surface area contributed by atoms with Crippen molar-refractivity contribution in [2.75, 3.05) is 0 Å². The standard InChI is InChI=1S/C7H12.C2H6.CH4/c1-7-5-3-2-4-6-7;1-2;/h1-6H2;1-2H3;1H4. The lowest BCUT2D eigenvalue weighted by molar-refractivity contribution is 0.601.